The molecule has 0 unspecified atom stereocenters. The summed E-state index contributed by atoms with van der Waals surface area (Å²) >= 11 is 0. The minimum absolute atomic E-state index is 0.421. The number of hydrogen-bond acceptors (Lipinski definition) is 2. The largest absolute Gasteiger partial charge is 0.388 e. The zero-order valence-corrected chi connectivity index (χ0v) is 7.83. The monoisotopic (exact) mass is 185 g/mol. The molecular formula is C12H11NO. The third kappa shape index (κ3) is 1.32. The zero-order valence-electron chi connectivity index (χ0n) is 7.83. The van der Waals surface area contributed by atoms with Crippen LogP contribution in [0.5, 0.6) is 0 Å². The van der Waals surface area contributed by atoms with Crippen molar-refractivity contribution in [2.24, 2.45) is 0 Å². The van der Waals surface area contributed by atoms with Gasteiger partial charge in [-0.2, -0.15) is 5.26 Å². The number of nitrogens with zero attached hydrogens (tertiary/aromatic N) is 1. The molecule has 1 N–H and O–H groups in total. The molecule has 1 atom stereocenters. The third-order valence-electron chi connectivity index (χ3n) is 2.67. The van der Waals surface area contributed by atoms with Crippen LogP contribution in [-0.2, 0) is 6.42 Å². The van der Waals surface area contributed by atoms with E-state index in [-0.39, 0.29) is 0 Å². The Balaban J connectivity index is 2.50. The number of hydrogen-bond donors (Lipinski definition) is 1. The maximum atomic E-state index is 9.59. The number of rotatable bonds is 0. The summed E-state index contributed by atoms with van der Waals surface area (Å²) in [5.41, 5.74) is 3.57. The van der Waals surface area contributed by atoms with Crippen molar-refractivity contribution in [3.05, 3.63) is 41.5 Å². The quantitative estimate of drug-likeness (QED) is 0.670. The molecule has 0 heterocycles. The lowest BCUT2D eigenvalue weighted by Crippen LogP contribution is -2.16. The molecule has 2 nitrogen and oxygen atoms in total. The smallest absolute Gasteiger partial charge is 0.0991 e. The number of aryl methyl sites for hydroxylation is 1. The van der Waals surface area contributed by atoms with Gasteiger partial charge >= 0.3 is 0 Å². The fourth-order valence-electron chi connectivity index (χ4n) is 1.83. The molecule has 0 bridgehead atoms. The molecule has 0 amide bonds. The van der Waals surface area contributed by atoms with Crippen molar-refractivity contribution in [3.8, 4) is 6.07 Å². The lowest BCUT2D eigenvalue weighted by Gasteiger charge is -2.23. The van der Waals surface area contributed by atoms with Gasteiger partial charge in [-0.15, -0.1) is 0 Å². The van der Waals surface area contributed by atoms with Gasteiger partial charge in [0.05, 0.1) is 17.7 Å². The standard InChI is InChI=1S/C12H11NO/c1-8-11-4-2-9(7-13)6-10(11)3-5-12(8)14/h2,4,6,12,14H,1,3,5H2/t12-/m0/s1. The van der Waals surface area contributed by atoms with E-state index < -0.39 is 6.10 Å². The Morgan fingerprint density at radius 2 is 2.29 bits per heavy atom. The predicted molar refractivity (Wildman–Crippen MR) is 54.5 cm³/mol. The lowest BCUT2D eigenvalue weighted by molar-refractivity contribution is 0.219. The average molecular weight is 185 g/mol. The summed E-state index contributed by atoms with van der Waals surface area (Å²) in [6.07, 6.45) is 1.11. The van der Waals surface area contributed by atoms with Crippen LogP contribution in [0, 0.1) is 11.3 Å². The normalized spacial score (nSPS) is 20.0. The van der Waals surface area contributed by atoms with Gasteiger partial charge in [0.25, 0.3) is 0 Å². The van der Waals surface area contributed by atoms with Crippen molar-refractivity contribution in [3.63, 3.8) is 0 Å². The van der Waals surface area contributed by atoms with Crippen LogP contribution in [0.4, 0.5) is 0 Å². The average Bonchev–Trinajstić information content (AvgIpc) is 2.23. The SMILES string of the molecule is C=C1c2ccc(C#N)cc2CC[C@@H]1O. The lowest BCUT2D eigenvalue weighted by atomic mass is 9.85. The van der Waals surface area contributed by atoms with Crippen molar-refractivity contribution in [2.45, 2.75) is 18.9 Å². The molecule has 1 aromatic carbocycles. The zero-order chi connectivity index (χ0) is 10.1. The summed E-state index contributed by atoms with van der Waals surface area (Å²) in [6.45, 7) is 3.86. The van der Waals surface area contributed by atoms with E-state index in [0.29, 0.717) is 12.0 Å². The van der Waals surface area contributed by atoms with Gasteiger partial charge in [0.2, 0.25) is 0 Å². The molecule has 70 valence electrons. The van der Waals surface area contributed by atoms with E-state index in [1.165, 1.54) is 0 Å². The van der Waals surface area contributed by atoms with Gasteiger partial charge in [-0.05, 0) is 41.7 Å². The number of nitriles is 1. The molecule has 1 aliphatic carbocycles. The molecule has 2 heteroatoms. The van der Waals surface area contributed by atoms with Crippen LogP contribution in [0.25, 0.3) is 5.57 Å². The van der Waals surface area contributed by atoms with Crippen LogP contribution in [0.3, 0.4) is 0 Å². The first-order chi connectivity index (χ1) is 6.72. The highest BCUT2D eigenvalue weighted by atomic mass is 16.3. The molecule has 0 saturated carbocycles. The molecule has 0 saturated heterocycles. The molecule has 0 aliphatic heterocycles. The van der Waals surface area contributed by atoms with E-state index in [2.05, 4.69) is 12.6 Å². The predicted octanol–water partition coefficient (Wildman–Crippen LogP) is 1.88. The van der Waals surface area contributed by atoms with Crippen molar-refractivity contribution in [1.82, 2.24) is 0 Å². The Labute approximate surface area is 83.1 Å². The van der Waals surface area contributed by atoms with E-state index in [9.17, 15) is 5.11 Å². The summed E-state index contributed by atoms with van der Waals surface area (Å²) in [4.78, 5) is 0. The van der Waals surface area contributed by atoms with Gasteiger partial charge in [-0.25, -0.2) is 0 Å². The molecule has 0 spiro atoms. The summed E-state index contributed by atoms with van der Waals surface area (Å²) < 4.78 is 0. The maximum absolute atomic E-state index is 9.59. The topological polar surface area (TPSA) is 44.0 Å². The van der Waals surface area contributed by atoms with E-state index in [1.54, 1.807) is 6.07 Å². The van der Waals surface area contributed by atoms with E-state index >= 15 is 0 Å². The molecule has 1 aliphatic rings. The molecule has 1 aromatic rings. The van der Waals surface area contributed by atoms with Crippen molar-refractivity contribution < 1.29 is 5.11 Å². The number of aliphatic hydroxyl groups is 1. The Bertz CT molecular complexity index is 428. The fourth-order valence-corrected chi connectivity index (χ4v) is 1.83. The van der Waals surface area contributed by atoms with Gasteiger partial charge in [0.1, 0.15) is 0 Å². The highest BCUT2D eigenvalue weighted by Gasteiger charge is 2.20. The molecule has 0 radical (unpaired) electrons. The first kappa shape index (κ1) is 8.98. The number of benzene rings is 1. The van der Waals surface area contributed by atoms with Crippen LogP contribution in [0.15, 0.2) is 24.8 Å². The van der Waals surface area contributed by atoms with Gasteiger partial charge in [0, 0.05) is 0 Å². The van der Waals surface area contributed by atoms with Crippen LogP contribution < -0.4 is 0 Å². The van der Waals surface area contributed by atoms with Crippen molar-refractivity contribution in [2.75, 3.05) is 0 Å². The minimum atomic E-state index is -0.421. The Morgan fingerprint density at radius 3 is 3.00 bits per heavy atom. The highest BCUT2D eigenvalue weighted by Crippen LogP contribution is 2.30. The van der Waals surface area contributed by atoms with E-state index in [0.717, 1.165) is 23.1 Å². The summed E-state index contributed by atoms with van der Waals surface area (Å²) in [6, 6.07) is 7.63. The highest BCUT2D eigenvalue weighted by molar-refractivity contribution is 5.71. The van der Waals surface area contributed by atoms with Crippen LogP contribution >= 0.6 is 0 Å². The second-order valence-corrected chi connectivity index (χ2v) is 3.56. The van der Waals surface area contributed by atoms with Crippen molar-refractivity contribution in [1.29, 1.82) is 5.26 Å². The Hall–Kier alpha value is -1.59. The second-order valence-electron chi connectivity index (χ2n) is 3.56. The number of aliphatic hydroxyl groups excluding tert-OH is 1. The maximum Gasteiger partial charge on any atom is 0.0991 e. The van der Waals surface area contributed by atoms with Gasteiger partial charge in [0.15, 0.2) is 0 Å². The molecule has 0 fully saturated rings. The van der Waals surface area contributed by atoms with Gasteiger partial charge in [-0.1, -0.05) is 12.6 Å². The first-order valence-electron chi connectivity index (χ1n) is 4.62. The Morgan fingerprint density at radius 1 is 1.50 bits per heavy atom. The van der Waals surface area contributed by atoms with Gasteiger partial charge < -0.3 is 5.11 Å². The summed E-state index contributed by atoms with van der Waals surface area (Å²) in [5.74, 6) is 0. The first-order valence-corrected chi connectivity index (χ1v) is 4.62. The molecule has 14 heavy (non-hydrogen) atoms. The van der Waals surface area contributed by atoms with Gasteiger partial charge in [-0.3, -0.25) is 0 Å². The molecular weight excluding hydrogens is 174 g/mol. The minimum Gasteiger partial charge on any atom is -0.388 e. The van der Waals surface area contributed by atoms with E-state index in [1.807, 2.05) is 12.1 Å². The van der Waals surface area contributed by atoms with Crippen LogP contribution in [0.1, 0.15) is 23.1 Å². The molecule has 0 aromatic heterocycles. The molecule has 2 rings (SSSR count). The summed E-state index contributed by atoms with van der Waals surface area (Å²) in [5, 5.41) is 18.3. The van der Waals surface area contributed by atoms with Crippen LogP contribution in [0.2, 0.25) is 0 Å². The summed E-state index contributed by atoms with van der Waals surface area (Å²) in [7, 11) is 0. The Kier molecular flexibility index (Phi) is 2.11. The fraction of sp³-hybridized carbons (Fsp3) is 0.250. The van der Waals surface area contributed by atoms with E-state index in [4.69, 9.17) is 5.26 Å². The number of fused-ring (bicyclic) bond motifs is 1. The second kappa shape index (κ2) is 3.28. The van der Waals surface area contributed by atoms with Crippen LogP contribution in [-0.4, -0.2) is 11.2 Å². The van der Waals surface area contributed by atoms with Crippen molar-refractivity contribution >= 4 is 5.57 Å². The third-order valence-corrected chi connectivity index (χ3v) is 2.67.